The number of amides is 1. The third-order valence-corrected chi connectivity index (χ3v) is 2.39. The van der Waals surface area contributed by atoms with Crippen molar-refractivity contribution in [2.75, 3.05) is 5.73 Å². The Morgan fingerprint density at radius 1 is 1.60 bits per heavy atom. The van der Waals surface area contributed by atoms with Gasteiger partial charge in [0.15, 0.2) is 5.69 Å². The highest BCUT2D eigenvalue weighted by Gasteiger charge is 2.16. The highest BCUT2D eigenvalue weighted by atomic mass is 16.2. The summed E-state index contributed by atoms with van der Waals surface area (Å²) in [5.74, 6) is -0.193. The maximum atomic E-state index is 11.7. The van der Waals surface area contributed by atoms with Crippen LogP contribution in [-0.2, 0) is 7.05 Å². The molecule has 0 unspecified atom stereocenters. The molecule has 3 N–H and O–H groups in total. The Bertz CT molecular complexity index is 341. The second-order valence-electron chi connectivity index (χ2n) is 3.59. The number of carbonyl (C=O) groups excluding carboxylic acids is 1. The molecule has 1 heterocycles. The van der Waals surface area contributed by atoms with Crippen LogP contribution in [0.1, 0.15) is 37.2 Å². The van der Waals surface area contributed by atoms with Gasteiger partial charge in [-0.3, -0.25) is 9.48 Å². The minimum atomic E-state index is -0.193. The van der Waals surface area contributed by atoms with Crippen LogP contribution in [0, 0.1) is 0 Å². The van der Waals surface area contributed by atoms with Gasteiger partial charge in [0.05, 0.1) is 5.69 Å². The van der Waals surface area contributed by atoms with Crippen LogP contribution >= 0.6 is 0 Å². The molecule has 0 aliphatic heterocycles. The summed E-state index contributed by atoms with van der Waals surface area (Å²) in [5, 5.41) is 6.90. The van der Waals surface area contributed by atoms with Crippen molar-refractivity contribution in [3.05, 3.63) is 11.9 Å². The first-order chi connectivity index (χ1) is 7.08. The Morgan fingerprint density at radius 3 is 2.60 bits per heavy atom. The first-order valence-electron chi connectivity index (χ1n) is 5.18. The van der Waals surface area contributed by atoms with Gasteiger partial charge in [-0.2, -0.15) is 5.10 Å². The maximum absolute atomic E-state index is 11.7. The number of carbonyl (C=O) groups is 1. The largest absolute Gasteiger partial charge is 0.396 e. The average molecular weight is 210 g/mol. The Labute approximate surface area is 89.6 Å². The van der Waals surface area contributed by atoms with E-state index in [1.165, 1.54) is 4.68 Å². The van der Waals surface area contributed by atoms with Crippen molar-refractivity contribution in [3.8, 4) is 0 Å². The predicted octanol–water partition coefficient (Wildman–Crippen LogP) is 0.921. The fraction of sp³-hybridized carbons (Fsp3) is 0.600. The zero-order chi connectivity index (χ0) is 11.4. The van der Waals surface area contributed by atoms with Gasteiger partial charge in [0.2, 0.25) is 0 Å². The molecule has 0 bridgehead atoms. The first kappa shape index (κ1) is 11.6. The van der Waals surface area contributed by atoms with E-state index in [-0.39, 0.29) is 11.9 Å². The molecule has 84 valence electrons. The van der Waals surface area contributed by atoms with Crippen molar-refractivity contribution in [2.45, 2.75) is 32.7 Å². The van der Waals surface area contributed by atoms with Gasteiger partial charge in [0.25, 0.3) is 5.91 Å². The number of nitrogen functional groups attached to an aromatic ring is 1. The number of rotatable bonds is 4. The summed E-state index contributed by atoms with van der Waals surface area (Å²) in [5.41, 5.74) is 6.38. The number of nitrogens with two attached hydrogens (primary N) is 1. The highest BCUT2D eigenvalue weighted by Crippen LogP contribution is 2.08. The Balaban J connectivity index is 2.72. The maximum Gasteiger partial charge on any atom is 0.274 e. The molecule has 5 heteroatoms. The molecule has 0 saturated carbocycles. The molecule has 1 rings (SSSR count). The number of anilines is 1. The van der Waals surface area contributed by atoms with Gasteiger partial charge in [0, 0.05) is 19.3 Å². The lowest BCUT2D eigenvalue weighted by Crippen LogP contribution is -2.34. The summed E-state index contributed by atoms with van der Waals surface area (Å²) in [6.45, 7) is 4.08. The van der Waals surface area contributed by atoms with E-state index in [1.807, 2.05) is 13.8 Å². The molecule has 1 amide bonds. The monoisotopic (exact) mass is 210 g/mol. The average Bonchev–Trinajstić information content (AvgIpc) is 2.54. The predicted molar refractivity (Wildman–Crippen MR) is 59.5 cm³/mol. The lowest BCUT2D eigenvalue weighted by Gasteiger charge is -2.13. The minimum absolute atomic E-state index is 0.193. The summed E-state index contributed by atoms with van der Waals surface area (Å²) in [6, 6.07) is 0.193. The van der Waals surface area contributed by atoms with Gasteiger partial charge in [-0.25, -0.2) is 0 Å². The van der Waals surface area contributed by atoms with Crippen molar-refractivity contribution >= 4 is 11.6 Å². The molecule has 0 aromatic carbocycles. The zero-order valence-electron chi connectivity index (χ0n) is 9.45. The molecule has 0 fully saturated rings. The fourth-order valence-electron chi connectivity index (χ4n) is 1.43. The third kappa shape index (κ3) is 2.71. The molecule has 0 atom stereocenters. The quantitative estimate of drug-likeness (QED) is 0.776. The van der Waals surface area contributed by atoms with Crippen molar-refractivity contribution in [1.82, 2.24) is 15.1 Å². The van der Waals surface area contributed by atoms with Crippen LogP contribution in [0.25, 0.3) is 0 Å². The normalized spacial score (nSPS) is 10.7. The molecular formula is C10H18N4O. The molecule has 5 nitrogen and oxygen atoms in total. The van der Waals surface area contributed by atoms with Gasteiger partial charge in [0.1, 0.15) is 0 Å². The van der Waals surface area contributed by atoms with Crippen LogP contribution in [0.3, 0.4) is 0 Å². The van der Waals surface area contributed by atoms with Crippen LogP contribution in [0.15, 0.2) is 6.20 Å². The van der Waals surface area contributed by atoms with E-state index in [9.17, 15) is 4.79 Å². The summed E-state index contributed by atoms with van der Waals surface area (Å²) in [6.07, 6.45) is 3.45. The van der Waals surface area contributed by atoms with E-state index >= 15 is 0 Å². The van der Waals surface area contributed by atoms with E-state index in [4.69, 9.17) is 5.73 Å². The van der Waals surface area contributed by atoms with Crippen molar-refractivity contribution < 1.29 is 4.79 Å². The van der Waals surface area contributed by atoms with Gasteiger partial charge in [-0.15, -0.1) is 0 Å². The summed E-state index contributed by atoms with van der Waals surface area (Å²) in [7, 11) is 1.74. The summed E-state index contributed by atoms with van der Waals surface area (Å²) >= 11 is 0. The van der Waals surface area contributed by atoms with Crippen LogP contribution in [-0.4, -0.2) is 21.7 Å². The van der Waals surface area contributed by atoms with E-state index < -0.39 is 0 Å². The van der Waals surface area contributed by atoms with Gasteiger partial charge >= 0.3 is 0 Å². The van der Waals surface area contributed by atoms with Crippen molar-refractivity contribution in [3.63, 3.8) is 0 Å². The molecule has 15 heavy (non-hydrogen) atoms. The van der Waals surface area contributed by atoms with Gasteiger partial charge in [-0.05, 0) is 12.8 Å². The molecule has 0 saturated heterocycles. The molecule has 0 aliphatic rings. The van der Waals surface area contributed by atoms with Crippen LogP contribution in [0.4, 0.5) is 5.69 Å². The first-order valence-corrected chi connectivity index (χ1v) is 5.18. The third-order valence-electron chi connectivity index (χ3n) is 2.39. The lowest BCUT2D eigenvalue weighted by atomic mass is 10.1. The molecule has 1 aromatic rings. The van der Waals surface area contributed by atoms with Crippen molar-refractivity contribution in [1.29, 1.82) is 0 Å². The lowest BCUT2D eigenvalue weighted by molar-refractivity contribution is 0.0930. The van der Waals surface area contributed by atoms with Crippen molar-refractivity contribution in [2.24, 2.45) is 7.05 Å². The minimum Gasteiger partial charge on any atom is -0.396 e. The van der Waals surface area contributed by atoms with E-state index in [1.54, 1.807) is 13.2 Å². The second-order valence-corrected chi connectivity index (χ2v) is 3.59. The van der Waals surface area contributed by atoms with E-state index in [0.717, 1.165) is 12.8 Å². The number of aryl methyl sites for hydroxylation is 1. The molecule has 1 aromatic heterocycles. The number of aromatic nitrogens is 2. The summed E-state index contributed by atoms with van der Waals surface area (Å²) in [4.78, 5) is 11.7. The van der Waals surface area contributed by atoms with Crippen LogP contribution < -0.4 is 11.1 Å². The van der Waals surface area contributed by atoms with Crippen LogP contribution in [0.2, 0.25) is 0 Å². The molecule has 0 aliphatic carbocycles. The summed E-state index contributed by atoms with van der Waals surface area (Å²) < 4.78 is 1.54. The second kappa shape index (κ2) is 4.82. The molecule has 0 spiro atoms. The van der Waals surface area contributed by atoms with E-state index in [0.29, 0.717) is 11.4 Å². The smallest absolute Gasteiger partial charge is 0.274 e. The SMILES string of the molecule is CCC(CC)NC(=O)c1nn(C)cc1N. The Morgan fingerprint density at radius 2 is 2.20 bits per heavy atom. The Hall–Kier alpha value is -1.52. The highest BCUT2D eigenvalue weighted by molar-refractivity contribution is 5.97. The number of nitrogens with zero attached hydrogens (tertiary/aromatic N) is 2. The number of nitrogens with one attached hydrogen (secondary N) is 1. The topological polar surface area (TPSA) is 72.9 Å². The standard InChI is InChI=1S/C10H18N4O/c1-4-7(5-2)12-10(15)9-8(11)6-14(3)13-9/h6-7H,4-5,11H2,1-3H3,(H,12,15). The van der Waals surface area contributed by atoms with Gasteiger partial charge < -0.3 is 11.1 Å². The fourth-order valence-corrected chi connectivity index (χ4v) is 1.43. The molecular weight excluding hydrogens is 192 g/mol. The molecule has 0 radical (unpaired) electrons. The van der Waals surface area contributed by atoms with Gasteiger partial charge in [-0.1, -0.05) is 13.8 Å². The van der Waals surface area contributed by atoms with E-state index in [2.05, 4.69) is 10.4 Å². The number of hydrogen-bond acceptors (Lipinski definition) is 3. The Kier molecular flexibility index (Phi) is 3.71. The number of hydrogen-bond donors (Lipinski definition) is 2. The zero-order valence-corrected chi connectivity index (χ0v) is 9.45. The van der Waals surface area contributed by atoms with Crippen LogP contribution in [0.5, 0.6) is 0 Å².